The van der Waals surface area contributed by atoms with Crippen LogP contribution in [0, 0.1) is 25.5 Å². The van der Waals surface area contributed by atoms with E-state index in [-0.39, 0.29) is 23.9 Å². The smallest absolute Gasteiger partial charge is 0.233 e. The molecule has 1 amide bonds. The van der Waals surface area contributed by atoms with Gasteiger partial charge < -0.3 is 4.74 Å². The van der Waals surface area contributed by atoms with Crippen molar-refractivity contribution < 1.29 is 18.3 Å². The van der Waals surface area contributed by atoms with Gasteiger partial charge in [0.2, 0.25) is 5.91 Å². The number of carbonyl (C=O) groups excluding carboxylic acids is 1. The zero-order valence-electron chi connectivity index (χ0n) is 16.4. The summed E-state index contributed by atoms with van der Waals surface area (Å²) < 4.78 is 33.8. The number of fused-ring (bicyclic) bond motifs is 1. The number of carbonyl (C=O) groups is 1. The summed E-state index contributed by atoms with van der Waals surface area (Å²) in [5.74, 6) is -1.51. The lowest BCUT2D eigenvalue weighted by Crippen LogP contribution is -2.38. The standard InChI is InChI=1S/C22H22F2N2O2S/c1-13-5-6-14(2)15(8-13)9-20(27)26(12-17-4-3-7-28-17)22-25-21-18(24)10-16(23)11-19(21)29-22/h5-6,8,10-11,17H,3-4,7,9,12H2,1-2H3. The van der Waals surface area contributed by atoms with Gasteiger partial charge in [-0.1, -0.05) is 35.1 Å². The molecule has 1 aliphatic rings. The average Bonchev–Trinajstić information content (AvgIpc) is 3.32. The summed E-state index contributed by atoms with van der Waals surface area (Å²) in [4.78, 5) is 19.2. The van der Waals surface area contributed by atoms with Crippen LogP contribution in [0.25, 0.3) is 10.2 Å². The Balaban J connectivity index is 1.68. The largest absolute Gasteiger partial charge is 0.376 e. The number of aryl methyl sites for hydroxylation is 2. The molecule has 1 fully saturated rings. The van der Waals surface area contributed by atoms with E-state index in [2.05, 4.69) is 4.98 Å². The minimum Gasteiger partial charge on any atom is -0.376 e. The highest BCUT2D eigenvalue weighted by Crippen LogP contribution is 2.32. The second kappa shape index (κ2) is 8.16. The van der Waals surface area contributed by atoms with Crippen LogP contribution in [0.1, 0.15) is 29.5 Å². The summed E-state index contributed by atoms with van der Waals surface area (Å²) >= 11 is 1.12. The molecule has 1 atom stereocenters. The van der Waals surface area contributed by atoms with Gasteiger partial charge >= 0.3 is 0 Å². The molecule has 0 saturated carbocycles. The Morgan fingerprint density at radius 1 is 1.28 bits per heavy atom. The minimum atomic E-state index is -0.721. The van der Waals surface area contributed by atoms with Crippen molar-refractivity contribution in [3.63, 3.8) is 0 Å². The van der Waals surface area contributed by atoms with E-state index in [0.717, 1.165) is 46.9 Å². The van der Waals surface area contributed by atoms with Gasteiger partial charge in [0, 0.05) is 12.7 Å². The second-order valence-corrected chi connectivity index (χ2v) is 8.49. The summed E-state index contributed by atoms with van der Waals surface area (Å²) in [6, 6.07) is 8.08. The Morgan fingerprint density at radius 2 is 2.10 bits per heavy atom. The van der Waals surface area contributed by atoms with E-state index in [0.29, 0.717) is 23.0 Å². The first kappa shape index (κ1) is 19.9. The number of amides is 1. The van der Waals surface area contributed by atoms with Gasteiger partial charge in [-0.05, 0) is 43.9 Å². The van der Waals surface area contributed by atoms with Gasteiger partial charge in [0.15, 0.2) is 10.9 Å². The Labute approximate surface area is 172 Å². The molecule has 0 spiro atoms. The normalized spacial score (nSPS) is 16.5. The maximum absolute atomic E-state index is 14.1. The van der Waals surface area contributed by atoms with Crippen molar-refractivity contribution in [1.82, 2.24) is 4.98 Å². The molecule has 1 saturated heterocycles. The molecule has 29 heavy (non-hydrogen) atoms. The van der Waals surface area contributed by atoms with Crippen LogP contribution in [-0.4, -0.2) is 30.1 Å². The lowest BCUT2D eigenvalue weighted by molar-refractivity contribution is -0.118. The molecular formula is C22H22F2N2O2S. The van der Waals surface area contributed by atoms with Crippen molar-refractivity contribution in [2.45, 2.75) is 39.2 Å². The molecular weight excluding hydrogens is 394 g/mol. The van der Waals surface area contributed by atoms with Gasteiger partial charge in [0.25, 0.3) is 0 Å². The predicted molar refractivity (Wildman–Crippen MR) is 110 cm³/mol. The van der Waals surface area contributed by atoms with Crippen molar-refractivity contribution in [2.24, 2.45) is 0 Å². The SMILES string of the molecule is Cc1ccc(C)c(CC(=O)N(CC2CCCO2)c2nc3c(F)cc(F)cc3s2)c1. The van der Waals surface area contributed by atoms with E-state index in [1.54, 1.807) is 4.90 Å². The van der Waals surface area contributed by atoms with Gasteiger partial charge in [-0.2, -0.15) is 0 Å². The van der Waals surface area contributed by atoms with Gasteiger partial charge in [0.05, 0.1) is 23.8 Å². The number of anilines is 1. The van der Waals surface area contributed by atoms with Crippen LogP contribution in [0.2, 0.25) is 0 Å². The quantitative estimate of drug-likeness (QED) is 0.591. The van der Waals surface area contributed by atoms with E-state index in [4.69, 9.17) is 4.74 Å². The molecule has 3 aromatic rings. The van der Waals surface area contributed by atoms with Crippen LogP contribution in [0.4, 0.5) is 13.9 Å². The van der Waals surface area contributed by atoms with Crippen LogP contribution < -0.4 is 4.90 Å². The average molecular weight is 416 g/mol. The molecule has 0 aliphatic carbocycles. The van der Waals surface area contributed by atoms with Crippen LogP contribution in [0.3, 0.4) is 0 Å². The lowest BCUT2D eigenvalue weighted by Gasteiger charge is -2.23. The Bertz CT molecular complexity index is 1060. The van der Waals surface area contributed by atoms with Crippen molar-refractivity contribution >= 4 is 32.6 Å². The predicted octanol–water partition coefficient (Wildman–Crippen LogP) is 4.95. The number of benzene rings is 2. The van der Waals surface area contributed by atoms with Crippen LogP contribution >= 0.6 is 11.3 Å². The van der Waals surface area contributed by atoms with Crippen LogP contribution in [-0.2, 0) is 16.0 Å². The first-order valence-corrected chi connectivity index (χ1v) is 10.5. The maximum Gasteiger partial charge on any atom is 0.233 e. The number of nitrogens with zero attached hydrogens (tertiary/aromatic N) is 2. The van der Waals surface area contributed by atoms with Gasteiger partial charge in [-0.3, -0.25) is 9.69 Å². The third-order valence-electron chi connectivity index (χ3n) is 5.19. The molecule has 2 aromatic carbocycles. The summed E-state index contributed by atoms with van der Waals surface area (Å²) in [7, 11) is 0. The van der Waals surface area contributed by atoms with Crippen molar-refractivity contribution in [3.05, 3.63) is 58.7 Å². The summed E-state index contributed by atoms with van der Waals surface area (Å²) in [5, 5.41) is 0.371. The van der Waals surface area contributed by atoms with Crippen molar-refractivity contribution in [1.29, 1.82) is 0 Å². The molecule has 1 aromatic heterocycles. The third-order valence-corrected chi connectivity index (χ3v) is 6.22. The first-order valence-electron chi connectivity index (χ1n) is 9.64. The van der Waals surface area contributed by atoms with Gasteiger partial charge in [-0.25, -0.2) is 13.8 Å². The molecule has 1 aliphatic heterocycles. The fourth-order valence-electron chi connectivity index (χ4n) is 3.59. The lowest BCUT2D eigenvalue weighted by atomic mass is 10.0. The van der Waals surface area contributed by atoms with E-state index in [1.807, 2.05) is 32.0 Å². The Morgan fingerprint density at radius 3 is 2.86 bits per heavy atom. The molecule has 0 bridgehead atoms. The fraction of sp³-hybridized carbons (Fsp3) is 0.364. The summed E-state index contributed by atoms with van der Waals surface area (Å²) in [5.41, 5.74) is 3.16. The first-order chi connectivity index (χ1) is 13.9. The van der Waals surface area contributed by atoms with E-state index < -0.39 is 11.6 Å². The number of rotatable bonds is 5. The molecule has 0 radical (unpaired) electrons. The molecule has 4 nitrogen and oxygen atoms in total. The zero-order valence-corrected chi connectivity index (χ0v) is 17.2. The van der Waals surface area contributed by atoms with E-state index in [1.165, 1.54) is 6.07 Å². The minimum absolute atomic E-state index is 0.0776. The molecule has 152 valence electrons. The topological polar surface area (TPSA) is 42.4 Å². The summed E-state index contributed by atoms with van der Waals surface area (Å²) in [6.07, 6.45) is 1.95. The highest BCUT2D eigenvalue weighted by molar-refractivity contribution is 7.22. The molecule has 1 unspecified atom stereocenters. The summed E-state index contributed by atoms with van der Waals surface area (Å²) in [6.45, 7) is 4.99. The van der Waals surface area contributed by atoms with Crippen LogP contribution in [0.5, 0.6) is 0 Å². The number of halogens is 2. The second-order valence-electron chi connectivity index (χ2n) is 7.48. The number of thiazole rings is 1. The van der Waals surface area contributed by atoms with Crippen molar-refractivity contribution in [2.75, 3.05) is 18.1 Å². The Kier molecular flexibility index (Phi) is 5.61. The third kappa shape index (κ3) is 4.31. The van der Waals surface area contributed by atoms with E-state index in [9.17, 15) is 13.6 Å². The molecule has 7 heteroatoms. The van der Waals surface area contributed by atoms with Gasteiger partial charge in [-0.15, -0.1) is 0 Å². The van der Waals surface area contributed by atoms with Crippen LogP contribution in [0.15, 0.2) is 30.3 Å². The van der Waals surface area contributed by atoms with E-state index >= 15 is 0 Å². The number of aromatic nitrogens is 1. The fourth-order valence-corrected chi connectivity index (χ4v) is 4.62. The molecule has 2 heterocycles. The molecule has 0 N–H and O–H groups in total. The van der Waals surface area contributed by atoms with Gasteiger partial charge in [0.1, 0.15) is 11.3 Å². The monoisotopic (exact) mass is 416 g/mol. The number of hydrogen-bond donors (Lipinski definition) is 0. The zero-order chi connectivity index (χ0) is 20.5. The number of hydrogen-bond acceptors (Lipinski definition) is 4. The highest BCUT2D eigenvalue weighted by atomic mass is 32.1. The highest BCUT2D eigenvalue weighted by Gasteiger charge is 2.27. The number of ether oxygens (including phenoxy) is 1. The Hall–Kier alpha value is -2.38. The molecule has 4 rings (SSSR count). The maximum atomic E-state index is 14.1. The van der Waals surface area contributed by atoms with Crippen molar-refractivity contribution in [3.8, 4) is 0 Å².